The number of nitrogens with zero attached hydrogens (tertiary/aromatic N) is 3. The van der Waals surface area contributed by atoms with Gasteiger partial charge in [-0.2, -0.15) is 5.10 Å². The molecule has 21 heavy (non-hydrogen) atoms. The summed E-state index contributed by atoms with van der Waals surface area (Å²) >= 11 is 1.50. The lowest BCUT2D eigenvalue weighted by Gasteiger charge is -2.06. The van der Waals surface area contributed by atoms with Crippen molar-refractivity contribution in [1.82, 2.24) is 14.8 Å². The quantitative estimate of drug-likeness (QED) is 0.712. The Bertz CT molecular complexity index is 804. The highest BCUT2D eigenvalue weighted by Gasteiger charge is 2.32. The molecule has 108 valence electrons. The molecule has 6 heteroatoms. The van der Waals surface area contributed by atoms with Crippen molar-refractivity contribution in [3.05, 3.63) is 34.8 Å². The molecular formula is C15H13F2N3S. The van der Waals surface area contributed by atoms with Crippen molar-refractivity contribution in [2.75, 3.05) is 0 Å². The van der Waals surface area contributed by atoms with Gasteiger partial charge in [-0.3, -0.25) is 4.68 Å². The maximum atomic E-state index is 13.5. The van der Waals surface area contributed by atoms with Crippen LogP contribution in [-0.4, -0.2) is 14.8 Å². The first-order valence-corrected chi connectivity index (χ1v) is 7.72. The zero-order chi connectivity index (χ0) is 14.6. The minimum atomic E-state index is -2.52. The van der Waals surface area contributed by atoms with Crippen LogP contribution in [0.5, 0.6) is 0 Å². The molecule has 1 aliphatic rings. The Hall–Kier alpha value is -1.82. The molecule has 3 nitrogen and oxygen atoms in total. The molecule has 3 aromatic rings. The highest BCUT2D eigenvalue weighted by molar-refractivity contribution is 7.13. The molecule has 3 aromatic heterocycles. The third-order valence-electron chi connectivity index (χ3n) is 3.82. The summed E-state index contributed by atoms with van der Waals surface area (Å²) in [6.07, 6.45) is -0.459. The lowest BCUT2D eigenvalue weighted by molar-refractivity contribution is 0.153. The number of hydrogen-bond acceptors (Lipinski definition) is 3. The molecular weight excluding hydrogens is 292 g/mol. The lowest BCUT2D eigenvalue weighted by Crippen LogP contribution is -1.95. The number of aryl methyl sites for hydroxylation is 1. The summed E-state index contributed by atoms with van der Waals surface area (Å²) in [6.45, 7) is 0. The largest absolute Gasteiger partial charge is 0.264 e. The SMILES string of the molecule is Cn1nc(C2CC2)c2c(C(F)F)cc(-c3cccs3)nc21. The molecule has 1 aliphatic carbocycles. The van der Waals surface area contributed by atoms with Gasteiger partial charge in [-0.15, -0.1) is 11.3 Å². The summed E-state index contributed by atoms with van der Waals surface area (Å²) < 4.78 is 28.7. The van der Waals surface area contributed by atoms with Gasteiger partial charge in [0.05, 0.1) is 21.7 Å². The third-order valence-corrected chi connectivity index (χ3v) is 4.72. The van der Waals surface area contributed by atoms with Crippen LogP contribution in [-0.2, 0) is 7.05 Å². The molecule has 0 N–H and O–H groups in total. The Morgan fingerprint density at radius 3 is 2.81 bits per heavy atom. The fourth-order valence-electron chi connectivity index (χ4n) is 2.67. The van der Waals surface area contributed by atoms with Gasteiger partial charge >= 0.3 is 0 Å². The fourth-order valence-corrected chi connectivity index (χ4v) is 3.36. The van der Waals surface area contributed by atoms with E-state index >= 15 is 0 Å². The zero-order valence-electron chi connectivity index (χ0n) is 11.4. The van der Waals surface area contributed by atoms with Gasteiger partial charge in [0, 0.05) is 18.5 Å². The van der Waals surface area contributed by atoms with Gasteiger partial charge in [0.2, 0.25) is 0 Å². The van der Waals surface area contributed by atoms with Crippen molar-refractivity contribution in [1.29, 1.82) is 0 Å². The molecule has 0 atom stereocenters. The monoisotopic (exact) mass is 305 g/mol. The topological polar surface area (TPSA) is 30.7 Å². The van der Waals surface area contributed by atoms with Crippen LogP contribution < -0.4 is 0 Å². The summed E-state index contributed by atoms with van der Waals surface area (Å²) in [4.78, 5) is 5.46. The summed E-state index contributed by atoms with van der Waals surface area (Å²) in [6, 6.07) is 5.31. The first kappa shape index (κ1) is 12.9. The Balaban J connectivity index is 2.02. The molecule has 0 saturated heterocycles. The van der Waals surface area contributed by atoms with Crippen LogP contribution in [0.3, 0.4) is 0 Å². The van der Waals surface area contributed by atoms with Gasteiger partial charge in [0.15, 0.2) is 5.65 Å². The predicted molar refractivity (Wildman–Crippen MR) is 78.8 cm³/mol. The number of rotatable bonds is 3. The number of alkyl halides is 2. The minimum Gasteiger partial charge on any atom is -0.250 e. The number of thiophene rings is 1. The van der Waals surface area contributed by atoms with E-state index in [4.69, 9.17) is 0 Å². The molecule has 0 spiro atoms. The van der Waals surface area contributed by atoms with Crippen molar-refractivity contribution < 1.29 is 8.78 Å². The summed E-state index contributed by atoms with van der Waals surface area (Å²) in [5.74, 6) is 0.320. The molecule has 1 fully saturated rings. The van der Waals surface area contributed by atoms with E-state index in [1.54, 1.807) is 11.7 Å². The van der Waals surface area contributed by atoms with Crippen molar-refractivity contribution in [2.45, 2.75) is 25.2 Å². The van der Waals surface area contributed by atoms with Crippen LogP contribution in [0.2, 0.25) is 0 Å². The van der Waals surface area contributed by atoms with E-state index in [1.165, 1.54) is 17.4 Å². The normalized spacial score (nSPS) is 15.2. The predicted octanol–water partition coefficient (Wildman–Crippen LogP) is 4.51. The smallest absolute Gasteiger partial charge is 0.250 e. The summed E-state index contributed by atoms with van der Waals surface area (Å²) in [5, 5.41) is 6.91. The second-order valence-corrected chi connectivity index (χ2v) is 6.30. The van der Waals surface area contributed by atoms with E-state index in [-0.39, 0.29) is 5.56 Å². The average molecular weight is 305 g/mol. The summed E-state index contributed by atoms with van der Waals surface area (Å²) in [5.41, 5.74) is 1.99. The molecule has 1 saturated carbocycles. The van der Waals surface area contributed by atoms with Crippen LogP contribution in [0.15, 0.2) is 23.6 Å². The van der Waals surface area contributed by atoms with Gasteiger partial charge in [0.1, 0.15) is 0 Å². The fraction of sp³-hybridized carbons (Fsp3) is 0.333. The van der Waals surface area contributed by atoms with Gasteiger partial charge in [-0.05, 0) is 30.4 Å². The second-order valence-electron chi connectivity index (χ2n) is 5.36. The molecule has 0 unspecified atom stereocenters. The van der Waals surface area contributed by atoms with Crippen molar-refractivity contribution in [3.8, 4) is 10.6 Å². The van der Waals surface area contributed by atoms with Crippen LogP contribution >= 0.6 is 11.3 Å². The van der Waals surface area contributed by atoms with Gasteiger partial charge < -0.3 is 0 Å². The van der Waals surface area contributed by atoms with Crippen molar-refractivity contribution >= 4 is 22.4 Å². The van der Waals surface area contributed by atoms with E-state index in [9.17, 15) is 8.78 Å². The maximum absolute atomic E-state index is 13.5. The number of fused-ring (bicyclic) bond motifs is 1. The molecule has 3 heterocycles. The minimum absolute atomic E-state index is 0.0541. The molecule has 0 amide bonds. The summed E-state index contributed by atoms with van der Waals surface area (Å²) in [7, 11) is 1.77. The van der Waals surface area contributed by atoms with E-state index in [0.29, 0.717) is 22.6 Å². The van der Waals surface area contributed by atoms with Crippen LogP contribution in [0.4, 0.5) is 8.78 Å². The average Bonchev–Trinajstić information content (AvgIpc) is 3.05. The van der Waals surface area contributed by atoms with Crippen LogP contribution in [0.25, 0.3) is 21.6 Å². The molecule has 0 bridgehead atoms. The number of halogens is 2. The van der Waals surface area contributed by atoms with E-state index < -0.39 is 6.43 Å². The van der Waals surface area contributed by atoms with Crippen molar-refractivity contribution in [2.24, 2.45) is 7.05 Å². The maximum Gasteiger partial charge on any atom is 0.264 e. The highest BCUT2D eigenvalue weighted by atomic mass is 32.1. The van der Waals surface area contributed by atoms with Gasteiger partial charge in [0.25, 0.3) is 6.43 Å². The van der Waals surface area contributed by atoms with E-state index in [1.807, 2.05) is 17.5 Å². The lowest BCUT2D eigenvalue weighted by atomic mass is 10.1. The zero-order valence-corrected chi connectivity index (χ0v) is 12.2. The standard InChI is InChI=1S/C15H13F2N3S/c1-20-15-12(13(19-20)8-4-5-8)9(14(16)17)7-10(18-15)11-3-2-6-21-11/h2-3,6-8,14H,4-5H2,1H3. The molecule has 0 aromatic carbocycles. The second kappa shape index (κ2) is 4.59. The Labute approximate surface area is 124 Å². The Morgan fingerprint density at radius 1 is 1.38 bits per heavy atom. The third kappa shape index (κ3) is 2.05. The molecule has 0 aliphatic heterocycles. The number of aromatic nitrogens is 3. The first-order valence-electron chi connectivity index (χ1n) is 6.84. The van der Waals surface area contributed by atoms with Crippen LogP contribution in [0, 0.1) is 0 Å². The highest BCUT2D eigenvalue weighted by Crippen LogP contribution is 2.45. The van der Waals surface area contributed by atoms with Gasteiger partial charge in [-0.1, -0.05) is 6.07 Å². The van der Waals surface area contributed by atoms with E-state index in [2.05, 4.69) is 10.1 Å². The molecule has 4 rings (SSSR count). The Morgan fingerprint density at radius 2 is 2.19 bits per heavy atom. The number of pyridine rings is 1. The number of hydrogen-bond donors (Lipinski definition) is 0. The first-order chi connectivity index (χ1) is 10.1. The van der Waals surface area contributed by atoms with Crippen molar-refractivity contribution in [3.63, 3.8) is 0 Å². The van der Waals surface area contributed by atoms with Crippen LogP contribution in [0.1, 0.15) is 36.4 Å². The van der Waals surface area contributed by atoms with E-state index in [0.717, 1.165) is 23.4 Å². The van der Waals surface area contributed by atoms with Gasteiger partial charge in [-0.25, -0.2) is 13.8 Å². The molecule has 0 radical (unpaired) electrons. The Kier molecular flexibility index (Phi) is 2.82.